The number of halogens is 3. The molecule has 2 nitrogen and oxygen atoms in total. The summed E-state index contributed by atoms with van der Waals surface area (Å²) in [4.78, 5) is 12.4. The number of hydrogen-bond donors (Lipinski definition) is 0. The van der Waals surface area contributed by atoms with Crippen LogP contribution in [0.3, 0.4) is 0 Å². The Morgan fingerprint density at radius 2 is 1.92 bits per heavy atom. The molecule has 5 heteroatoms. The first-order valence-corrected chi connectivity index (χ1v) is 9.07. The van der Waals surface area contributed by atoms with Gasteiger partial charge in [-0.05, 0) is 73.1 Å². The van der Waals surface area contributed by atoms with Gasteiger partial charge in [0.05, 0.1) is 12.7 Å². The summed E-state index contributed by atoms with van der Waals surface area (Å²) in [7, 11) is 1.29. The molecule has 0 heterocycles. The molecule has 0 aromatic heterocycles. The lowest BCUT2D eigenvalue weighted by Crippen LogP contribution is -2.42. The lowest BCUT2D eigenvalue weighted by Gasteiger charge is -2.48. The average molecular weight is 352 g/mol. The van der Waals surface area contributed by atoms with Crippen molar-refractivity contribution in [2.24, 2.45) is 17.3 Å². The number of rotatable bonds is 1. The van der Waals surface area contributed by atoms with Gasteiger partial charge < -0.3 is 4.74 Å². The molecule has 2 saturated carbocycles. The molecule has 4 rings (SSSR count). The van der Waals surface area contributed by atoms with E-state index < -0.39 is 11.7 Å². The number of Topliss-reactive ketones (excluding diaryl/α,β-unsaturated/α-hetero) is 1. The summed E-state index contributed by atoms with van der Waals surface area (Å²) in [5.41, 5.74) is 0.896. The van der Waals surface area contributed by atoms with Crippen molar-refractivity contribution in [2.75, 3.05) is 7.11 Å². The molecule has 136 valence electrons. The fourth-order valence-electron chi connectivity index (χ4n) is 5.76. The van der Waals surface area contributed by atoms with Crippen molar-refractivity contribution in [1.82, 2.24) is 0 Å². The Kier molecular flexibility index (Phi) is 3.71. The van der Waals surface area contributed by atoms with Gasteiger partial charge in [0, 0.05) is 11.8 Å². The highest BCUT2D eigenvalue weighted by molar-refractivity contribution is 5.87. The van der Waals surface area contributed by atoms with Crippen LogP contribution in [0.5, 0.6) is 5.75 Å². The van der Waals surface area contributed by atoms with Gasteiger partial charge in [-0.25, -0.2) is 0 Å². The van der Waals surface area contributed by atoms with Gasteiger partial charge >= 0.3 is 6.18 Å². The molecule has 1 aromatic carbocycles. The second-order valence-corrected chi connectivity index (χ2v) is 8.08. The third-order valence-electron chi connectivity index (χ3n) is 7.06. The number of ketones is 1. The van der Waals surface area contributed by atoms with E-state index in [1.165, 1.54) is 13.2 Å². The fraction of sp³-hybridized carbons (Fsp3) is 0.650. The minimum Gasteiger partial charge on any atom is -0.496 e. The zero-order valence-corrected chi connectivity index (χ0v) is 14.6. The molecule has 0 saturated heterocycles. The number of carbonyl (C=O) groups is 1. The van der Waals surface area contributed by atoms with E-state index >= 15 is 0 Å². The van der Waals surface area contributed by atoms with Gasteiger partial charge in [0.25, 0.3) is 0 Å². The van der Waals surface area contributed by atoms with Crippen molar-refractivity contribution in [3.8, 4) is 5.75 Å². The third-order valence-corrected chi connectivity index (χ3v) is 7.06. The van der Waals surface area contributed by atoms with Crippen molar-refractivity contribution in [3.63, 3.8) is 0 Å². The first kappa shape index (κ1) is 16.9. The first-order valence-electron chi connectivity index (χ1n) is 9.07. The zero-order valence-electron chi connectivity index (χ0n) is 14.6. The highest BCUT2D eigenvalue weighted by Gasteiger charge is 2.54. The first-order chi connectivity index (χ1) is 11.8. The van der Waals surface area contributed by atoms with Crippen LogP contribution in [0.4, 0.5) is 13.2 Å². The summed E-state index contributed by atoms with van der Waals surface area (Å²) in [6, 6.07) is 2.91. The molecule has 0 N–H and O–H groups in total. The number of fused-ring (bicyclic) bond motifs is 5. The van der Waals surface area contributed by atoms with Crippen LogP contribution in [-0.2, 0) is 17.4 Å². The number of methoxy groups -OCH3 is 1. The van der Waals surface area contributed by atoms with Gasteiger partial charge in [0.1, 0.15) is 11.5 Å². The normalized spacial score (nSPS) is 34.3. The molecule has 0 bridgehead atoms. The highest BCUT2D eigenvalue weighted by atomic mass is 19.4. The molecule has 25 heavy (non-hydrogen) atoms. The van der Waals surface area contributed by atoms with Crippen LogP contribution in [0.2, 0.25) is 0 Å². The quantitative estimate of drug-likeness (QED) is 0.700. The molecule has 0 radical (unpaired) electrons. The van der Waals surface area contributed by atoms with Crippen molar-refractivity contribution >= 4 is 5.78 Å². The van der Waals surface area contributed by atoms with Crippen LogP contribution in [-0.4, -0.2) is 12.9 Å². The summed E-state index contributed by atoms with van der Waals surface area (Å²) >= 11 is 0. The zero-order chi connectivity index (χ0) is 18.0. The van der Waals surface area contributed by atoms with E-state index in [-0.39, 0.29) is 17.1 Å². The highest BCUT2D eigenvalue weighted by Crippen LogP contribution is 2.60. The van der Waals surface area contributed by atoms with Crippen LogP contribution < -0.4 is 4.74 Å². The smallest absolute Gasteiger partial charge is 0.419 e. The average Bonchev–Trinajstić information content (AvgIpc) is 2.88. The van der Waals surface area contributed by atoms with Gasteiger partial charge in [-0.2, -0.15) is 13.2 Å². The Balaban J connectivity index is 1.76. The molecule has 0 amide bonds. The minimum atomic E-state index is -4.42. The molecule has 1 aromatic rings. The van der Waals surface area contributed by atoms with Crippen LogP contribution in [0.15, 0.2) is 12.1 Å². The van der Waals surface area contributed by atoms with Crippen molar-refractivity contribution in [2.45, 2.75) is 57.5 Å². The lowest BCUT2D eigenvalue weighted by atomic mass is 9.55. The molecule has 0 unspecified atom stereocenters. The molecule has 0 aliphatic heterocycles. The predicted octanol–water partition coefficient (Wildman–Crippen LogP) is 5.14. The third kappa shape index (κ3) is 2.42. The summed E-state index contributed by atoms with van der Waals surface area (Å²) in [6.07, 6.45) is 0.442. The SMILES string of the molecule is COc1cc2c(cc1C(F)(F)F)[C@H]1CC[C@]3(C)C(=O)CC[C@H]3[C@@H]1CC2. The Bertz CT molecular complexity index is 724. The van der Waals surface area contributed by atoms with Crippen molar-refractivity contribution < 1.29 is 22.7 Å². The van der Waals surface area contributed by atoms with E-state index in [1.807, 2.05) is 0 Å². The van der Waals surface area contributed by atoms with E-state index in [0.29, 0.717) is 24.0 Å². The number of carbonyl (C=O) groups excluding carboxylic acids is 1. The second-order valence-electron chi connectivity index (χ2n) is 8.08. The maximum absolute atomic E-state index is 13.4. The van der Waals surface area contributed by atoms with Gasteiger partial charge in [-0.3, -0.25) is 4.79 Å². The summed E-state index contributed by atoms with van der Waals surface area (Å²) in [5, 5.41) is 0. The number of benzene rings is 1. The van der Waals surface area contributed by atoms with E-state index in [4.69, 9.17) is 4.74 Å². The van der Waals surface area contributed by atoms with Crippen LogP contribution in [0.1, 0.15) is 61.6 Å². The number of ether oxygens (including phenoxy) is 1. The lowest BCUT2D eigenvalue weighted by molar-refractivity contribution is -0.138. The Labute approximate surface area is 145 Å². The van der Waals surface area contributed by atoms with E-state index in [0.717, 1.165) is 43.2 Å². The summed E-state index contributed by atoms with van der Waals surface area (Å²) in [6.45, 7) is 2.08. The summed E-state index contributed by atoms with van der Waals surface area (Å²) < 4.78 is 45.3. The standard InChI is InChI=1S/C20H23F3O2/c1-19-8-7-12-13(15(19)5-6-18(19)24)4-3-11-9-17(25-2)16(10-14(11)12)20(21,22)23/h9-10,12-13,15H,3-8H2,1-2H3/t12-,13+,15-,19-/m0/s1. The Hall–Kier alpha value is -1.52. The molecule has 2 fully saturated rings. The maximum atomic E-state index is 13.4. The minimum absolute atomic E-state index is 0.0820. The van der Waals surface area contributed by atoms with Crippen LogP contribution in [0.25, 0.3) is 0 Å². The van der Waals surface area contributed by atoms with Crippen molar-refractivity contribution in [3.05, 3.63) is 28.8 Å². The predicted molar refractivity (Wildman–Crippen MR) is 87.6 cm³/mol. The topological polar surface area (TPSA) is 26.3 Å². The van der Waals surface area contributed by atoms with Gasteiger partial charge in [-0.1, -0.05) is 6.92 Å². The van der Waals surface area contributed by atoms with Gasteiger partial charge in [0.15, 0.2) is 0 Å². The number of aryl methyl sites for hydroxylation is 1. The molecular formula is C20H23F3O2. The van der Waals surface area contributed by atoms with E-state index in [9.17, 15) is 18.0 Å². The fourth-order valence-corrected chi connectivity index (χ4v) is 5.76. The Morgan fingerprint density at radius 3 is 2.60 bits per heavy atom. The van der Waals surface area contributed by atoms with Gasteiger partial charge in [-0.15, -0.1) is 0 Å². The molecule has 3 aliphatic carbocycles. The molecule has 3 aliphatic rings. The number of hydrogen-bond acceptors (Lipinski definition) is 2. The largest absolute Gasteiger partial charge is 0.496 e. The van der Waals surface area contributed by atoms with E-state index in [2.05, 4.69) is 6.92 Å². The summed E-state index contributed by atoms with van der Waals surface area (Å²) in [5.74, 6) is 1.06. The van der Waals surface area contributed by atoms with Crippen molar-refractivity contribution in [1.29, 1.82) is 0 Å². The Morgan fingerprint density at radius 1 is 1.16 bits per heavy atom. The monoisotopic (exact) mass is 352 g/mol. The maximum Gasteiger partial charge on any atom is 0.419 e. The van der Waals surface area contributed by atoms with E-state index in [1.54, 1.807) is 6.07 Å². The molecular weight excluding hydrogens is 329 g/mol. The number of alkyl halides is 3. The molecule has 4 atom stereocenters. The second kappa shape index (κ2) is 5.49. The van der Waals surface area contributed by atoms with Crippen LogP contribution >= 0.6 is 0 Å². The molecule has 0 spiro atoms. The van der Waals surface area contributed by atoms with Gasteiger partial charge in [0.2, 0.25) is 0 Å². The van der Waals surface area contributed by atoms with Crippen LogP contribution in [0, 0.1) is 17.3 Å².